The van der Waals surface area contributed by atoms with E-state index in [0.29, 0.717) is 18.6 Å². The fraction of sp³-hybridized carbons (Fsp3) is 0.897. The van der Waals surface area contributed by atoms with Crippen molar-refractivity contribution >= 4 is 36.5 Å². The lowest BCUT2D eigenvalue weighted by molar-refractivity contribution is -0.157. The Bertz CT molecular complexity index is 639. The second-order valence-electron chi connectivity index (χ2n) is 12.6. The number of thioether (sulfide) groups is 1. The second kappa shape index (κ2) is 46.5. The van der Waals surface area contributed by atoms with Gasteiger partial charge < -0.3 is 19.4 Å². The topological polar surface area (TPSA) is 107 Å². The van der Waals surface area contributed by atoms with Gasteiger partial charge in [-0.2, -0.15) is 11.8 Å². The molecular weight excluding hydrogens is 612 g/mol. The number of carbonyl (C=O) groups excluding carboxylic acids is 3. The van der Waals surface area contributed by atoms with Gasteiger partial charge in [-0.15, -0.1) is 0 Å². The van der Waals surface area contributed by atoms with Crippen molar-refractivity contribution in [2.75, 3.05) is 18.6 Å². The first-order chi connectivity index (χ1) is 23.0. The van der Waals surface area contributed by atoms with E-state index in [9.17, 15) is 9.59 Å². The Kier molecular flexibility index (Phi) is 49.3. The fourth-order valence-electron chi connectivity index (χ4n) is 5.38. The van der Waals surface area contributed by atoms with Crippen molar-refractivity contribution in [2.45, 2.75) is 207 Å². The first kappa shape index (κ1) is 49.8. The molecule has 0 rings (SSSR count). The molecule has 0 aliphatic rings. The maximum absolute atomic E-state index is 12.3. The number of ether oxygens (including phenoxy) is 2. The Hall–Kier alpha value is -1.57. The molecule has 0 spiro atoms. The molecule has 280 valence electrons. The molecule has 47 heavy (non-hydrogen) atoms. The van der Waals surface area contributed by atoms with Crippen LogP contribution in [0.2, 0.25) is 0 Å². The van der Waals surface area contributed by atoms with Gasteiger partial charge in [0.2, 0.25) is 0 Å². The molecule has 0 heterocycles. The normalized spacial score (nSPS) is 11.0. The predicted molar refractivity (Wildman–Crippen MR) is 200 cm³/mol. The second-order valence-corrected chi connectivity index (χ2v) is 13.5. The van der Waals surface area contributed by atoms with Crippen molar-refractivity contribution in [3.63, 3.8) is 0 Å². The zero-order chi connectivity index (χ0) is 35.5. The van der Waals surface area contributed by atoms with Gasteiger partial charge >= 0.3 is 11.9 Å². The van der Waals surface area contributed by atoms with Crippen molar-refractivity contribution in [2.24, 2.45) is 0 Å². The summed E-state index contributed by atoms with van der Waals surface area (Å²) in [6.45, 7) is 5.92. The van der Waals surface area contributed by atoms with Crippen LogP contribution in [0.4, 0.5) is 0 Å². The third kappa shape index (κ3) is 48.9. The van der Waals surface area contributed by atoms with E-state index in [2.05, 4.69) is 13.8 Å². The number of hydrogen-bond donors (Lipinski definition) is 1. The molecule has 0 fully saturated rings. The summed E-state index contributed by atoms with van der Waals surface area (Å²) in [4.78, 5) is 41.7. The zero-order valence-corrected chi connectivity index (χ0v) is 32.1. The van der Waals surface area contributed by atoms with E-state index in [1.807, 2.05) is 6.26 Å². The van der Waals surface area contributed by atoms with Crippen LogP contribution in [0.15, 0.2) is 0 Å². The number of rotatable bonds is 33. The molecule has 1 atom stereocenters. The molecular formula is C39H76O7S. The molecule has 0 radical (unpaired) electrons. The van der Waals surface area contributed by atoms with E-state index in [1.54, 1.807) is 11.8 Å². The molecule has 0 saturated carbocycles. The number of esters is 2. The van der Waals surface area contributed by atoms with Crippen LogP contribution in [-0.4, -0.2) is 54.5 Å². The molecule has 0 amide bonds. The van der Waals surface area contributed by atoms with Crippen molar-refractivity contribution in [1.29, 1.82) is 0 Å². The highest BCUT2D eigenvalue weighted by molar-refractivity contribution is 7.98. The van der Waals surface area contributed by atoms with Crippen LogP contribution in [0.1, 0.15) is 201 Å². The fourth-order valence-corrected chi connectivity index (χ4v) is 5.92. The number of carbonyl (C=O) groups is 4. The predicted octanol–water partition coefficient (Wildman–Crippen LogP) is 11.7. The van der Waals surface area contributed by atoms with Gasteiger partial charge in [0.25, 0.3) is 6.47 Å². The molecule has 0 aromatic heterocycles. The maximum atomic E-state index is 12.3. The smallest absolute Gasteiger partial charge is 0.306 e. The summed E-state index contributed by atoms with van der Waals surface area (Å²) in [7, 11) is 0. The van der Waals surface area contributed by atoms with Crippen molar-refractivity contribution in [3.8, 4) is 0 Å². The number of aldehydes is 1. The molecule has 7 nitrogen and oxygen atoms in total. The molecule has 0 aliphatic heterocycles. The van der Waals surface area contributed by atoms with Crippen LogP contribution >= 0.6 is 11.8 Å². The van der Waals surface area contributed by atoms with Crippen LogP contribution in [0.5, 0.6) is 0 Å². The zero-order valence-electron chi connectivity index (χ0n) is 31.3. The Morgan fingerprint density at radius 2 is 0.851 bits per heavy atom. The van der Waals surface area contributed by atoms with Gasteiger partial charge in [-0.1, -0.05) is 168 Å². The molecule has 0 aromatic carbocycles. The summed E-state index contributed by atoms with van der Waals surface area (Å²) in [6, 6.07) is 0. The van der Waals surface area contributed by atoms with E-state index >= 15 is 0 Å². The number of unbranched alkanes of at least 4 members (excludes halogenated alkanes) is 24. The van der Waals surface area contributed by atoms with Crippen LogP contribution in [0.3, 0.4) is 0 Å². The summed E-state index contributed by atoms with van der Waals surface area (Å²) in [5, 5.41) is 6.89. The van der Waals surface area contributed by atoms with Crippen molar-refractivity contribution < 1.29 is 33.8 Å². The quantitative estimate of drug-likeness (QED) is 0.0412. The summed E-state index contributed by atoms with van der Waals surface area (Å²) in [5.74, 6) is 0.350. The van der Waals surface area contributed by atoms with Crippen molar-refractivity contribution in [3.05, 3.63) is 0 Å². The molecule has 0 bridgehead atoms. The average molecular weight is 689 g/mol. The monoisotopic (exact) mass is 689 g/mol. The Morgan fingerprint density at radius 3 is 1.15 bits per heavy atom. The molecule has 0 aromatic rings. The number of hydrogen-bond acceptors (Lipinski definition) is 7. The van der Waals surface area contributed by atoms with Gasteiger partial charge in [-0.3, -0.25) is 14.4 Å². The van der Waals surface area contributed by atoms with E-state index in [4.69, 9.17) is 24.2 Å². The third-order valence-corrected chi connectivity index (χ3v) is 8.75. The Labute approximate surface area is 294 Å². The third-order valence-electron chi connectivity index (χ3n) is 8.05. The minimum atomic E-state index is -0.338. The van der Waals surface area contributed by atoms with E-state index in [0.717, 1.165) is 32.0 Å². The molecule has 0 saturated heterocycles. The first-order valence-corrected chi connectivity index (χ1v) is 20.7. The minimum Gasteiger partial charge on any atom is -0.483 e. The van der Waals surface area contributed by atoms with Gasteiger partial charge in [-0.05, 0) is 26.0 Å². The Morgan fingerprint density at radius 1 is 0.574 bits per heavy atom. The summed E-state index contributed by atoms with van der Waals surface area (Å²) >= 11 is 1.62. The van der Waals surface area contributed by atoms with Crippen LogP contribution < -0.4 is 0 Å². The van der Waals surface area contributed by atoms with Crippen molar-refractivity contribution in [1.82, 2.24) is 0 Å². The molecule has 0 aliphatic carbocycles. The lowest BCUT2D eigenvalue weighted by Gasteiger charge is -2.17. The highest BCUT2D eigenvalue weighted by Gasteiger charge is 2.16. The highest BCUT2D eigenvalue weighted by atomic mass is 32.2. The highest BCUT2D eigenvalue weighted by Crippen LogP contribution is 2.15. The largest absolute Gasteiger partial charge is 0.483 e. The Balaban J connectivity index is -0.00000297. The first-order valence-electron chi connectivity index (χ1n) is 19.3. The van der Waals surface area contributed by atoms with Gasteiger partial charge in [0.05, 0.1) is 0 Å². The molecule has 1 unspecified atom stereocenters. The average Bonchev–Trinajstić information content (AvgIpc) is 3.05. The van der Waals surface area contributed by atoms with Gasteiger partial charge in [0.1, 0.15) is 19.0 Å². The summed E-state index contributed by atoms with van der Waals surface area (Å²) < 4.78 is 11.1. The van der Waals surface area contributed by atoms with Crippen LogP contribution in [-0.2, 0) is 28.7 Å². The minimum absolute atomic E-state index is 0.153. The maximum Gasteiger partial charge on any atom is 0.306 e. The van der Waals surface area contributed by atoms with E-state index in [-0.39, 0.29) is 31.1 Å². The summed E-state index contributed by atoms with van der Waals surface area (Å²) in [5.41, 5.74) is 0. The summed E-state index contributed by atoms with van der Waals surface area (Å²) in [6.07, 6.45) is 37.0. The lowest BCUT2D eigenvalue weighted by Crippen LogP contribution is -2.27. The van der Waals surface area contributed by atoms with Crippen LogP contribution in [0, 0.1) is 0 Å². The lowest BCUT2D eigenvalue weighted by atomic mass is 10.0. The number of carboxylic acid groups (broad SMARTS) is 1. The standard InChI is InChI=1S/C36H70O4S.C2H4O.CH2O2/c1-4-6-8-10-12-14-16-18-20-22-24-26-28-30-35(37)39-32-34(33-41-3)40-36(38)31-29-27-25-23-21-19-17-15-13-11-9-7-5-2;1-2-3;2-1-3/h34H,4-33H2,1-3H3;2H,1H3;1H,(H,2,3). The SMILES string of the molecule is CC=O.CCCCCCCCCCCCCCCC(=O)OCC(CSC)OC(=O)CCCCCCCCCCCCCCC.O=CO. The van der Waals surface area contributed by atoms with Gasteiger partial charge in [0.15, 0.2) is 0 Å². The van der Waals surface area contributed by atoms with E-state index < -0.39 is 0 Å². The molecule has 1 N–H and O–H groups in total. The van der Waals surface area contributed by atoms with E-state index in [1.165, 1.54) is 148 Å². The van der Waals surface area contributed by atoms with Crippen LogP contribution in [0.25, 0.3) is 0 Å². The van der Waals surface area contributed by atoms with Gasteiger partial charge in [0, 0.05) is 18.6 Å². The molecule has 8 heteroatoms. The van der Waals surface area contributed by atoms with Gasteiger partial charge in [-0.25, -0.2) is 0 Å².